The Labute approximate surface area is 60.8 Å². The SMILES string of the molecule is CC1=CC(C)N(F)C(C)=C1. The van der Waals surface area contributed by atoms with Gasteiger partial charge in [0.2, 0.25) is 0 Å². The van der Waals surface area contributed by atoms with E-state index in [4.69, 9.17) is 0 Å². The van der Waals surface area contributed by atoms with Crippen LogP contribution in [-0.2, 0) is 0 Å². The normalized spacial score (nSPS) is 26.0. The van der Waals surface area contributed by atoms with Crippen molar-refractivity contribution in [2.45, 2.75) is 26.8 Å². The molecule has 1 heterocycles. The fourth-order valence-electron chi connectivity index (χ4n) is 1.21. The summed E-state index contributed by atoms with van der Waals surface area (Å²) in [6.07, 6.45) is 3.73. The molecule has 0 aromatic rings. The van der Waals surface area contributed by atoms with Gasteiger partial charge in [-0.05, 0) is 26.8 Å². The fourth-order valence-corrected chi connectivity index (χ4v) is 1.21. The molecule has 1 atom stereocenters. The molecule has 0 fully saturated rings. The van der Waals surface area contributed by atoms with Crippen molar-refractivity contribution in [1.29, 1.82) is 0 Å². The van der Waals surface area contributed by atoms with E-state index in [1.807, 2.05) is 26.0 Å². The van der Waals surface area contributed by atoms with Crippen molar-refractivity contribution < 1.29 is 4.48 Å². The van der Waals surface area contributed by atoms with Gasteiger partial charge in [-0.2, -0.15) is 0 Å². The Hall–Kier alpha value is -0.790. The highest BCUT2D eigenvalue weighted by molar-refractivity contribution is 5.25. The smallest absolute Gasteiger partial charge is 0.0769 e. The highest BCUT2D eigenvalue weighted by atomic mass is 19.2. The van der Waals surface area contributed by atoms with Crippen LogP contribution in [0.5, 0.6) is 0 Å². The standard InChI is InChI=1S/C8H12FN/c1-6-4-7(2)10(9)8(3)5-6/h4-5,7H,1-3H3. The van der Waals surface area contributed by atoms with Crippen LogP contribution in [-0.4, -0.2) is 11.2 Å². The van der Waals surface area contributed by atoms with E-state index in [-0.39, 0.29) is 6.04 Å². The van der Waals surface area contributed by atoms with Crippen LogP contribution in [0.2, 0.25) is 0 Å². The molecule has 0 aromatic heterocycles. The zero-order valence-corrected chi connectivity index (χ0v) is 6.56. The number of hydrogen-bond acceptors (Lipinski definition) is 1. The number of allylic oxidation sites excluding steroid dienone is 3. The van der Waals surface area contributed by atoms with Gasteiger partial charge < -0.3 is 0 Å². The van der Waals surface area contributed by atoms with Gasteiger partial charge in [-0.3, -0.25) is 0 Å². The van der Waals surface area contributed by atoms with Gasteiger partial charge in [0.1, 0.15) is 0 Å². The van der Waals surface area contributed by atoms with Crippen molar-refractivity contribution in [2.75, 3.05) is 0 Å². The maximum atomic E-state index is 12.9. The third-order valence-corrected chi connectivity index (χ3v) is 1.64. The second-order valence-electron chi connectivity index (χ2n) is 2.75. The fraction of sp³-hybridized carbons (Fsp3) is 0.500. The quantitative estimate of drug-likeness (QED) is 0.468. The molecule has 0 saturated heterocycles. The summed E-state index contributed by atoms with van der Waals surface area (Å²) in [7, 11) is 0. The van der Waals surface area contributed by atoms with Gasteiger partial charge >= 0.3 is 0 Å². The number of hydrogen-bond donors (Lipinski definition) is 0. The van der Waals surface area contributed by atoms with Crippen molar-refractivity contribution in [3.63, 3.8) is 0 Å². The lowest BCUT2D eigenvalue weighted by atomic mass is 10.1. The average Bonchev–Trinajstić information content (AvgIpc) is 1.82. The first-order chi connectivity index (χ1) is 4.61. The first-order valence-electron chi connectivity index (χ1n) is 3.43. The Kier molecular flexibility index (Phi) is 1.79. The summed E-state index contributed by atoms with van der Waals surface area (Å²) in [4.78, 5) is 0. The summed E-state index contributed by atoms with van der Waals surface area (Å²) >= 11 is 0. The Morgan fingerprint density at radius 2 is 2.10 bits per heavy atom. The summed E-state index contributed by atoms with van der Waals surface area (Å²) in [5, 5.41) is 0.771. The van der Waals surface area contributed by atoms with E-state index < -0.39 is 0 Å². The summed E-state index contributed by atoms with van der Waals surface area (Å²) in [5.74, 6) is 0. The van der Waals surface area contributed by atoms with Gasteiger partial charge in [-0.25, -0.2) is 5.12 Å². The largest absolute Gasteiger partial charge is 0.210 e. The molecule has 0 bridgehead atoms. The second-order valence-corrected chi connectivity index (χ2v) is 2.75. The predicted octanol–water partition coefficient (Wildman–Crippen LogP) is 2.43. The topological polar surface area (TPSA) is 3.24 Å². The summed E-state index contributed by atoms with van der Waals surface area (Å²) < 4.78 is 12.9. The predicted molar refractivity (Wildman–Crippen MR) is 39.9 cm³/mol. The number of halogens is 1. The van der Waals surface area contributed by atoms with Crippen LogP contribution in [0.15, 0.2) is 23.4 Å². The second kappa shape index (κ2) is 2.45. The minimum absolute atomic E-state index is 0.106. The van der Waals surface area contributed by atoms with Gasteiger partial charge in [0, 0.05) is 5.70 Å². The van der Waals surface area contributed by atoms with E-state index >= 15 is 0 Å². The Bertz CT molecular complexity index is 193. The zero-order chi connectivity index (χ0) is 7.72. The van der Waals surface area contributed by atoms with Crippen LogP contribution >= 0.6 is 0 Å². The third kappa shape index (κ3) is 1.20. The minimum atomic E-state index is -0.106. The van der Waals surface area contributed by atoms with Crippen molar-refractivity contribution in [2.24, 2.45) is 0 Å². The Balaban J connectivity index is 2.85. The molecule has 0 radical (unpaired) electrons. The Morgan fingerprint density at radius 1 is 1.50 bits per heavy atom. The summed E-state index contributed by atoms with van der Waals surface area (Å²) in [6.45, 7) is 5.58. The molecule has 0 saturated carbocycles. The van der Waals surface area contributed by atoms with Gasteiger partial charge in [0.05, 0.1) is 6.04 Å². The average molecular weight is 141 g/mol. The minimum Gasteiger partial charge on any atom is -0.210 e. The molecule has 2 heteroatoms. The molecule has 0 N–H and O–H groups in total. The van der Waals surface area contributed by atoms with Crippen molar-refractivity contribution in [1.82, 2.24) is 5.12 Å². The van der Waals surface area contributed by atoms with E-state index in [0.29, 0.717) is 5.70 Å². The highest BCUT2D eigenvalue weighted by Crippen LogP contribution is 2.19. The molecular weight excluding hydrogens is 129 g/mol. The highest BCUT2D eigenvalue weighted by Gasteiger charge is 2.14. The summed E-state index contributed by atoms with van der Waals surface area (Å²) in [6, 6.07) is -0.106. The molecule has 0 aliphatic carbocycles. The molecule has 1 aliphatic heterocycles. The van der Waals surface area contributed by atoms with Gasteiger partial charge in [-0.1, -0.05) is 16.1 Å². The number of rotatable bonds is 0. The van der Waals surface area contributed by atoms with Crippen molar-refractivity contribution in [3.8, 4) is 0 Å². The molecule has 56 valence electrons. The molecule has 10 heavy (non-hydrogen) atoms. The van der Waals surface area contributed by atoms with Crippen molar-refractivity contribution >= 4 is 0 Å². The first-order valence-corrected chi connectivity index (χ1v) is 3.43. The van der Waals surface area contributed by atoms with E-state index in [1.165, 1.54) is 0 Å². The van der Waals surface area contributed by atoms with Crippen LogP contribution in [0, 0.1) is 0 Å². The zero-order valence-electron chi connectivity index (χ0n) is 6.56. The lowest BCUT2D eigenvalue weighted by Gasteiger charge is -2.23. The molecule has 0 aromatic carbocycles. The Morgan fingerprint density at radius 3 is 2.60 bits per heavy atom. The van der Waals surface area contributed by atoms with E-state index in [1.54, 1.807) is 6.92 Å². The van der Waals surface area contributed by atoms with E-state index in [9.17, 15) is 4.48 Å². The molecule has 1 nitrogen and oxygen atoms in total. The van der Waals surface area contributed by atoms with Gasteiger partial charge in [0.25, 0.3) is 0 Å². The first kappa shape index (κ1) is 7.32. The maximum absolute atomic E-state index is 12.9. The lowest BCUT2D eigenvalue weighted by Crippen LogP contribution is -2.24. The summed E-state index contributed by atoms with van der Waals surface area (Å²) in [5.41, 5.74) is 1.83. The molecule has 1 unspecified atom stereocenters. The van der Waals surface area contributed by atoms with E-state index in [2.05, 4.69) is 0 Å². The molecule has 1 rings (SSSR count). The molecule has 0 amide bonds. The lowest BCUT2D eigenvalue weighted by molar-refractivity contribution is 0.0444. The van der Waals surface area contributed by atoms with Gasteiger partial charge in [0.15, 0.2) is 0 Å². The van der Waals surface area contributed by atoms with Gasteiger partial charge in [-0.15, -0.1) is 0 Å². The van der Waals surface area contributed by atoms with Crippen LogP contribution in [0.3, 0.4) is 0 Å². The molecular formula is C8H12FN. The van der Waals surface area contributed by atoms with Crippen LogP contribution < -0.4 is 0 Å². The third-order valence-electron chi connectivity index (χ3n) is 1.64. The van der Waals surface area contributed by atoms with Crippen LogP contribution in [0.4, 0.5) is 4.48 Å². The van der Waals surface area contributed by atoms with E-state index in [0.717, 1.165) is 10.7 Å². The molecule has 0 spiro atoms. The van der Waals surface area contributed by atoms with Crippen molar-refractivity contribution in [3.05, 3.63) is 23.4 Å². The monoisotopic (exact) mass is 141 g/mol. The maximum Gasteiger partial charge on any atom is 0.0769 e. The number of nitrogens with zero attached hydrogens (tertiary/aromatic N) is 1. The molecule has 1 aliphatic rings. The van der Waals surface area contributed by atoms with Crippen LogP contribution in [0.1, 0.15) is 20.8 Å². The van der Waals surface area contributed by atoms with Crippen LogP contribution in [0.25, 0.3) is 0 Å².